The summed E-state index contributed by atoms with van der Waals surface area (Å²) in [5.74, 6) is -1.11. The average molecular weight is 786 g/mol. The molecule has 3 saturated heterocycles. The molecule has 0 bridgehead atoms. The van der Waals surface area contributed by atoms with Gasteiger partial charge in [-0.15, -0.1) is 5.10 Å². The third-order valence-corrected chi connectivity index (χ3v) is 11.7. The summed E-state index contributed by atoms with van der Waals surface area (Å²) in [4.78, 5) is 48.9. The molecule has 2 N–H and O–H groups in total. The predicted octanol–water partition coefficient (Wildman–Crippen LogP) is 3.61. The predicted molar refractivity (Wildman–Crippen MR) is 206 cm³/mol. The zero-order chi connectivity index (χ0) is 40.8. The fraction of sp³-hybridized carbons (Fsp3) is 0.750. The molecule has 16 heteroatoms. The summed E-state index contributed by atoms with van der Waals surface area (Å²) in [6.07, 6.45) is 1.43. The Morgan fingerprint density at radius 1 is 1.09 bits per heavy atom. The molecule has 5 heterocycles. The maximum atomic E-state index is 13.7. The molecule has 0 spiro atoms. The van der Waals surface area contributed by atoms with Crippen LogP contribution in [0.2, 0.25) is 0 Å². The smallest absolute Gasteiger partial charge is 0.410 e. The lowest BCUT2D eigenvalue weighted by Crippen LogP contribution is -2.60. The van der Waals surface area contributed by atoms with E-state index in [1.54, 1.807) is 22.9 Å². The maximum Gasteiger partial charge on any atom is 0.410 e. The number of ketones is 1. The Morgan fingerprint density at radius 3 is 2.52 bits per heavy atom. The minimum absolute atomic E-state index is 0.00983. The van der Waals surface area contributed by atoms with Crippen LogP contribution >= 0.6 is 0 Å². The van der Waals surface area contributed by atoms with Gasteiger partial charge in [0.15, 0.2) is 11.9 Å². The number of carbonyl (C=O) groups is 3. The number of aryl methyl sites for hydroxylation is 1. The number of fused-ring (bicyclic) bond motifs is 1. The van der Waals surface area contributed by atoms with Crippen LogP contribution in [0.25, 0.3) is 11.4 Å². The number of Topliss-reactive ketones (excluding diaryl/α,β-unsaturated/α-hetero) is 1. The highest BCUT2D eigenvalue weighted by atomic mass is 16.7. The van der Waals surface area contributed by atoms with Gasteiger partial charge in [-0.1, -0.05) is 25.1 Å². The van der Waals surface area contributed by atoms with E-state index in [-0.39, 0.29) is 30.5 Å². The summed E-state index contributed by atoms with van der Waals surface area (Å²) < 4.78 is 32.7. The van der Waals surface area contributed by atoms with Crippen molar-refractivity contribution in [3.05, 3.63) is 30.6 Å². The van der Waals surface area contributed by atoms with Crippen LogP contribution in [-0.2, 0) is 39.8 Å². The van der Waals surface area contributed by atoms with Crippen LogP contribution in [0.5, 0.6) is 0 Å². The van der Waals surface area contributed by atoms with E-state index >= 15 is 0 Å². The van der Waals surface area contributed by atoms with Gasteiger partial charge in [-0.2, -0.15) is 0 Å². The molecule has 3 aliphatic heterocycles. The lowest BCUT2D eigenvalue weighted by Gasteiger charge is -2.45. The largest absolute Gasteiger partial charge is 0.458 e. The molecule has 312 valence electrons. The average Bonchev–Trinajstić information content (AvgIpc) is 3.73. The SMILES string of the molecule is CC[C@H]1OC(=O)CC(=O)C[C@@H](O[C@@H]2OC(C)CC(N(C)C)C2O)[C@](C)(OC)C[C@@H](C)CN[C@H](C)[C@H]2N(CCCCn3cc(-c4ccccn4)nn3)C(=O)O[C@]12C. The molecule has 3 fully saturated rings. The second-order valence-corrected chi connectivity index (χ2v) is 16.5. The van der Waals surface area contributed by atoms with Gasteiger partial charge in [0.05, 0.1) is 35.7 Å². The molecule has 0 aliphatic carbocycles. The van der Waals surface area contributed by atoms with Gasteiger partial charge in [0, 0.05) is 44.9 Å². The standard InChI is InChI=1S/C40H63N7O9/c1-10-32-40(6)36(47(38(51)56-40)18-14-13-17-46-24-30(43-44-46)29-15-11-12-16-41-29)27(4)42-23-25(2)22-39(5,52-9)33(20-28(48)21-34(49)54-32)55-37-35(50)31(45(7)8)19-26(3)53-37/h11-12,15-16,24-27,31-33,35-37,42,50H,10,13-14,17-23H2,1-9H3/t25-,26?,27-,31?,32-,33-,35?,36-,37+,39-,40-/m1/s1. The van der Waals surface area contributed by atoms with Gasteiger partial charge in [0.2, 0.25) is 0 Å². The van der Waals surface area contributed by atoms with Crippen molar-refractivity contribution >= 4 is 17.8 Å². The van der Waals surface area contributed by atoms with E-state index in [2.05, 4.69) is 27.5 Å². The van der Waals surface area contributed by atoms with Crippen molar-refractivity contribution in [3.8, 4) is 11.4 Å². The zero-order valence-electron chi connectivity index (χ0n) is 34.6. The second kappa shape index (κ2) is 18.8. The van der Waals surface area contributed by atoms with Crippen LogP contribution in [0.4, 0.5) is 4.79 Å². The van der Waals surface area contributed by atoms with Gasteiger partial charge >= 0.3 is 12.1 Å². The quantitative estimate of drug-likeness (QED) is 0.192. The number of hydrogen-bond donors (Lipinski definition) is 2. The molecule has 1 amide bonds. The van der Waals surface area contributed by atoms with Gasteiger partial charge < -0.3 is 39.0 Å². The fourth-order valence-corrected chi connectivity index (χ4v) is 8.66. The van der Waals surface area contributed by atoms with Crippen LogP contribution in [0, 0.1) is 5.92 Å². The number of unbranched alkanes of at least 4 members (excludes halogenated alkanes) is 1. The Kier molecular flexibility index (Phi) is 14.6. The number of nitrogens with one attached hydrogen (secondary N) is 1. The maximum absolute atomic E-state index is 13.7. The normalized spacial score (nSPS) is 35.1. The molecule has 0 radical (unpaired) electrons. The van der Waals surface area contributed by atoms with Crippen LogP contribution < -0.4 is 5.32 Å². The molecule has 0 saturated carbocycles. The number of hydrogen-bond acceptors (Lipinski definition) is 14. The number of ether oxygens (including phenoxy) is 5. The molecule has 56 heavy (non-hydrogen) atoms. The number of carbonyl (C=O) groups excluding carboxylic acids is 3. The number of aliphatic hydroxyl groups is 1. The van der Waals surface area contributed by atoms with Crippen molar-refractivity contribution in [1.82, 2.24) is 35.1 Å². The number of esters is 1. The Morgan fingerprint density at radius 2 is 1.84 bits per heavy atom. The second-order valence-electron chi connectivity index (χ2n) is 16.5. The van der Waals surface area contributed by atoms with E-state index in [4.69, 9.17) is 23.7 Å². The molecule has 2 aromatic rings. The highest BCUT2D eigenvalue weighted by Gasteiger charge is 2.58. The summed E-state index contributed by atoms with van der Waals surface area (Å²) in [6.45, 7) is 13.2. The number of rotatable bonds is 11. The van der Waals surface area contributed by atoms with Crippen molar-refractivity contribution < 1.29 is 43.2 Å². The van der Waals surface area contributed by atoms with E-state index < -0.39 is 66.1 Å². The minimum Gasteiger partial charge on any atom is -0.458 e. The Labute approximate surface area is 330 Å². The monoisotopic (exact) mass is 785 g/mol. The van der Waals surface area contributed by atoms with Crippen LogP contribution in [0.1, 0.15) is 86.5 Å². The molecular formula is C40H63N7O9. The van der Waals surface area contributed by atoms with Crippen molar-refractivity contribution in [2.24, 2.45) is 5.92 Å². The highest BCUT2D eigenvalue weighted by Crippen LogP contribution is 2.39. The Balaban J connectivity index is 1.33. The number of nitrogens with zero attached hydrogens (tertiary/aromatic N) is 6. The third kappa shape index (κ3) is 10.1. The summed E-state index contributed by atoms with van der Waals surface area (Å²) in [7, 11) is 5.38. The van der Waals surface area contributed by atoms with E-state index in [9.17, 15) is 19.5 Å². The topological polar surface area (TPSA) is 180 Å². The molecule has 2 aromatic heterocycles. The minimum atomic E-state index is -1.20. The zero-order valence-corrected chi connectivity index (χ0v) is 34.6. The van der Waals surface area contributed by atoms with Gasteiger partial charge in [0.25, 0.3) is 0 Å². The van der Waals surface area contributed by atoms with E-state index in [1.807, 2.05) is 78.0 Å². The first-order valence-electron chi connectivity index (χ1n) is 20.0. The number of pyridine rings is 1. The van der Waals surface area contributed by atoms with Crippen LogP contribution in [0.15, 0.2) is 30.6 Å². The van der Waals surface area contributed by atoms with Crippen LogP contribution in [-0.4, -0.2) is 147 Å². The van der Waals surface area contributed by atoms with Crippen molar-refractivity contribution in [3.63, 3.8) is 0 Å². The number of aliphatic hydroxyl groups excluding tert-OH is 1. The Hall–Kier alpha value is -3.54. The first-order valence-corrected chi connectivity index (χ1v) is 20.0. The highest BCUT2D eigenvalue weighted by molar-refractivity contribution is 5.96. The fourth-order valence-electron chi connectivity index (χ4n) is 8.66. The number of methoxy groups -OCH3 is 1. The molecule has 11 atom stereocenters. The summed E-state index contributed by atoms with van der Waals surface area (Å²) in [5.41, 5.74) is -0.766. The van der Waals surface area contributed by atoms with Crippen molar-refractivity contribution in [1.29, 1.82) is 0 Å². The van der Waals surface area contributed by atoms with Crippen molar-refractivity contribution in [2.75, 3.05) is 34.3 Å². The first kappa shape index (κ1) is 43.6. The number of cyclic esters (lactones) is 1. The lowest BCUT2D eigenvalue weighted by molar-refractivity contribution is -0.289. The number of aromatic nitrogens is 4. The summed E-state index contributed by atoms with van der Waals surface area (Å²) >= 11 is 0. The summed E-state index contributed by atoms with van der Waals surface area (Å²) in [5, 5.41) is 23.5. The molecular weight excluding hydrogens is 722 g/mol. The van der Waals surface area contributed by atoms with E-state index in [1.165, 1.54) is 0 Å². The number of amides is 1. The lowest BCUT2D eigenvalue weighted by atomic mass is 9.83. The van der Waals surface area contributed by atoms with E-state index in [0.717, 1.165) is 12.1 Å². The Bertz CT molecular complexity index is 1610. The van der Waals surface area contributed by atoms with Gasteiger partial charge in [-0.05, 0) is 98.5 Å². The van der Waals surface area contributed by atoms with Crippen molar-refractivity contribution in [2.45, 2.75) is 153 Å². The number of likely N-dealkylation sites (N-methyl/N-ethyl adjacent to an activating group) is 1. The molecule has 3 unspecified atom stereocenters. The third-order valence-electron chi connectivity index (χ3n) is 11.7. The van der Waals surface area contributed by atoms with Gasteiger partial charge in [-0.3, -0.25) is 24.2 Å². The molecule has 0 aromatic carbocycles. The molecule has 16 nitrogen and oxygen atoms in total. The summed E-state index contributed by atoms with van der Waals surface area (Å²) in [6, 6.07) is 4.65. The molecule has 3 aliphatic rings. The van der Waals surface area contributed by atoms with Gasteiger partial charge in [0.1, 0.15) is 30.1 Å². The van der Waals surface area contributed by atoms with Gasteiger partial charge in [-0.25, -0.2) is 4.79 Å². The van der Waals surface area contributed by atoms with E-state index in [0.29, 0.717) is 51.0 Å². The van der Waals surface area contributed by atoms with Crippen LogP contribution in [0.3, 0.4) is 0 Å². The molecule has 5 rings (SSSR count). The first-order chi connectivity index (χ1) is 26.6.